The first-order valence-corrected chi connectivity index (χ1v) is 8.57. The molecule has 0 spiro atoms. The van der Waals surface area contributed by atoms with Crippen LogP contribution in [0.15, 0.2) is 30.3 Å². The average molecular weight is 370 g/mol. The summed E-state index contributed by atoms with van der Waals surface area (Å²) in [5.41, 5.74) is 1.09. The highest BCUT2D eigenvalue weighted by Crippen LogP contribution is 2.16. The van der Waals surface area contributed by atoms with E-state index >= 15 is 0 Å². The smallest absolute Gasteiger partial charge is 0.317 e. The molecular formula is C18H28ClN3O3. The predicted octanol–water partition coefficient (Wildman–Crippen LogP) is 1.60. The number of carboxylic acid groups (broad SMARTS) is 1. The monoisotopic (exact) mass is 369 g/mol. The highest BCUT2D eigenvalue weighted by Gasteiger charge is 2.25. The minimum Gasteiger partial charge on any atom is -0.480 e. The summed E-state index contributed by atoms with van der Waals surface area (Å²) in [6.07, 6.45) is 1.82. The number of hydrogen-bond donors (Lipinski definition) is 2. The number of piperidine rings is 1. The Balaban J connectivity index is 0.00000312. The van der Waals surface area contributed by atoms with Gasteiger partial charge >= 0.3 is 5.97 Å². The van der Waals surface area contributed by atoms with Crippen LogP contribution in [-0.2, 0) is 16.1 Å². The summed E-state index contributed by atoms with van der Waals surface area (Å²) < 4.78 is 0. The number of carbonyl (C=O) groups excluding carboxylic acids is 1. The maximum absolute atomic E-state index is 12.1. The summed E-state index contributed by atoms with van der Waals surface area (Å²) in [6, 6.07) is 10.2. The molecule has 0 aliphatic carbocycles. The molecule has 1 aliphatic rings. The maximum Gasteiger partial charge on any atom is 0.317 e. The van der Waals surface area contributed by atoms with Gasteiger partial charge in [-0.15, -0.1) is 12.4 Å². The van der Waals surface area contributed by atoms with Gasteiger partial charge in [-0.3, -0.25) is 19.4 Å². The molecular weight excluding hydrogens is 342 g/mol. The number of rotatable bonds is 8. The van der Waals surface area contributed by atoms with Crippen LogP contribution in [0.2, 0.25) is 0 Å². The Kier molecular flexibility index (Phi) is 9.49. The molecule has 1 amide bonds. The highest BCUT2D eigenvalue weighted by atomic mass is 35.5. The van der Waals surface area contributed by atoms with E-state index in [1.165, 1.54) is 0 Å². The number of likely N-dealkylation sites (tertiary alicyclic amines) is 1. The summed E-state index contributed by atoms with van der Waals surface area (Å²) >= 11 is 0. The fraction of sp³-hybridized carbons (Fsp3) is 0.556. The van der Waals surface area contributed by atoms with Gasteiger partial charge in [-0.2, -0.15) is 0 Å². The summed E-state index contributed by atoms with van der Waals surface area (Å²) in [6.45, 7) is 5.46. The Hall–Kier alpha value is -1.63. The van der Waals surface area contributed by atoms with E-state index in [-0.39, 0.29) is 24.9 Å². The van der Waals surface area contributed by atoms with E-state index in [2.05, 4.69) is 10.2 Å². The minimum absolute atomic E-state index is 0. The molecule has 1 aliphatic heterocycles. The predicted molar refractivity (Wildman–Crippen MR) is 99.9 cm³/mol. The zero-order valence-corrected chi connectivity index (χ0v) is 15.5. The summed E-state index contributed by atoms with van der Waals surface area (Å²) in [5.74, 6) is -0.741. The molecule has 0 unspecified atom stereocenters. The third-order valence-electron chi connectivity index (χ3n) is 4.52. The lowest BCUT2D eigenvalue weighted by molar-refractivity contribution is -0.139. The summed E-state index contributed by atoms with van der Waals surface area (Å²) in [4.78, 5) is 27.1. The second-order valence-electron chi connectivity index (χ2n) is 6.23. The van der Waals surface area contributed by atoms with Gasteiger partial charge in [0.25, 0.3) is 0 Å². The van der Waals surface area contributed by atoms with Gasteiger partial charge in [0.05, 0.1) is 13.1 Å². The fourth-order valence-electron chi connectivity index (χ4n) is 3.17. The number of benzene rings is 1. The third-order valence-corrected chi connectivity index (χ3v) is 4.52. The van der Waals surface area contributed by atoms with Crippen molar-refractivity contribution in [1.82, 2.24) is 15.1 Å². The molecule has 2 N–H and O–H groups in total. The van der Waals surface area contributed by atoms with Gasteiger partial charge < -0.3 is 10.4 Å². The fourth-order valence-corrected chi connectivity index (χ4v) is 3.17. The molecule has 1 fully saturated rings. The lowest BCUT2D eigenvalue weighted by Gasteiger charge is -2.37. The number of amides is 1. The van der Waals surface area contributed by atoms with Crippen LogP contribution in [0, 0.1) is 0 Å². The van der Waals surface area contributed by atoms with Crippen LogP contribution in [0.25, 0.3) is 0 Å². The normalized spacial score (nSPS) is 15.6. The largest absolute Gasteiger partial charge is 0.480 e. The highest BCUT2D eigenvalue weighted by molar-refractivity contribution is 5.85. The van der Waals surface area contributed by atoms with Crippen molar-refractivity contribution in [3.05, 3.63) is 35.9 Å². The van der Waals surface area contributed by atoms with Crippen molar-refractivity contribution in [3.63, 3.8) is 0 Å². The van der Waals surface area contributed by atoms with E-state index < -0.39 is 5.97 Å². The lowest BCUT2D eigenvalue weighted by Crippen LogP contribution is -2.48. The van der Waals surface area contributed by atoms with Crippen molar-refractivity contribution in [2.45, 2.75) is 32.4 Å². The first kappa shape index (κ1) is 21.4. The molecule has 0 saturated carbocycles. The van der Waals surface area contributed by atoms with Crippen LogP contribution < -0.4 is 5.32 Å². The molecule has 1 saturated heterocycles. The lowest BCUT2D eigenvalue weighted by atomic mass is 10.0. The van der Waals surface area contributed by atoms with Gasteiger partial charge in [-0.05, 0) is 24.9 Å². The van der Waals surface area contributed by atoms with Crippen LogP contribution in [-0.4, -0.2) is 65.5 Å². The molecule has 0 aromatic heterocycles. The zero-order chi connectivity index (χ0) is 17.4. The van der Waals surface area contributed by atoms with E-state index in [1.54, 1.807) is 0 Å². The molecule has 6 nitrogen and oxygen atoms in total. The number of aliphatic carboxylic acids is 1. The number of nitrogens with one attached hydrogen (secondary N) is 1. The van der Waals surface area contributed by atoms with Gasteiger partial charge in [0.1, 0.15) is 0 Å². The second kappa shape index (κ2) is 11.1. The van der Waals surface area contributed by atoms with E-state index in [0.29, 0.717) is 19.1 Å². The zero-order valence-electron chi connectivity index (χ0n) is 14.7. The number of nitrogens with zero attached hydrogens (tertiary/aromatic N) is 2. The minimum atomic E-state index is -0.778. The standard InChI is InChI=1S/C18H27N3O3.ClH/c1-2-21(14-18(23)24)16-8-10-20(11-9-16)13-17(22)19-12-15-6-4-3-5-7-15;/h3-7,16H,2,8-14H2,1H3,(H,19,22)(H,23,24);1H. The molecule has 7 heteroatoms. The molecule has 1 heterocycles. The van der Waals surface area contributed by atoms with Crippen LogP contribution >= 0.6 is 12.4 Å². The molecule has 0 atom stereocenters. The van der Waals surface area contributed by atoms with Crippen molar-refractivity contribution >= 4 is 24.3 Å². The number of halogens is 1. The van der Waals surface area contributed by atoms with Gasteiger partial charge in [-0.1, -0.05) is 37.3 Å². The molecule has 1 aromatic carbocycles. The second-order valence-corrected chi connectivity index (χ2v) is 6.23. The van der Waals surface area contributed by atoms with Crippen LogP contribution in [0.1, 0.15) is 25.3 Å². The van der Waals surface area contributed by atoms with E-state index in [9.17, 15) is 9.59 Å². The number of carbonyl (C=O) groups is 2. The number of carboxylic acids is 1. The quantitative estimate of drug-likeness (QED) is 0.728. The van der Waals surface area contributed by atoms with Crippen LogP contribution in [0.5, 0.6) is 0 Å². The van der Waals surface area contributed by atoms with E-state index in [0.717, 1.165) is 38.0 Å². The summed E-state index contributed by atoms with van der Waals surface area (Å²) in [7, 11) is 0. The first-order chi connectivity index (χ1) is 11.6. The Morgan fingerprint density at radius 1 is 1.24 bits per heavy atom. The number of likely N-dealkylation sites (N-methyl/N-ethyl adjacent to an activating group) is 1. The van der Waals surface area contributed by atoms with E-state index in [4.69, 9.17) is 5.11 Å². The number of hydrogen-bond acceptors (Lipinski definition) is 4. The molecule has 0 radical (unpaired) electrons. The van der Waals surface area contributed by atoms with Crippen molar-refractivity contribution in [2.24, 2.45) is 0 Å². The average Bonchev–Trinajstić information content (AvgIpc) is 2.59. The maximum atomic E-state index is 12.1. The first-order valence-electron chi connectivity index (χ1n) is 8.57. The SMILES string of the molecule is CCN(CC(=O)O)C1CCN(CC(=O)NCc2ccccc2)CC1.Cl. The van der Waals surface area contributed by atoms with Crippen LogP contribution in [0.4, 0.5) is 0 Å². The Morgan fingerprint density at radius 3 is 2.44 bits per heavy atom. The topological polar surface area (TPSA) is 72.9 Å². The Bertz CT molecular complexity index is 534. The molecule has 25 heavy (non-hydrogen) atoms. The van der Waals surface area contributed by atoms with Gasteiger partial charge in [-0.25, -0.2) is 0 Å². The van der Waals surface area contributed by atoms with Gasteiger partial charge in [0, 0.05) is 25.7 Å². The molecule has 0 bridgehead atoms. The Morgan fingerprint density at radius 2 is 1.88 bits per heavy atom. The third kappa shape index (κ3) is 7.42. The van der Waals surface area contributed by atoms with Crippen molar-refractivity contribution in [3.8, 4) is 0 Å². The molecule has 1 aromatic rings. The van der Waals surface area contributed by atoms with Gasteiger partial charge in [0.15, 0.2) is 0 Å². The summed E-state index contributed by atoms with van der Waals surface area (Å²) in [5, 5.41) is 11.9. The van der Waals surface area contributed by atoms with Crippen molar-refractivity contribution in [2.75, 3.05) is 32.7 Å². The molecule has 140 valence electrons. The molecule has 2 rings (SSSR count). The Labute approximate surface area is 155 Å². The van der Waals surface area contributed by atoms with Crippen molar-refractivity contribution < 1.29 is 14.7 Å². The van der Waals surface area contributed by atoms with E-state index in [1.807, 2.05) is 42.2 Å². The van der Waals surface area contributed by atoms with Crippen LogP contribution in [0.3, 0.4) is 0 Å². The van der Waals surface area contributed by atoms with Crippen molar-refractivity contribution in [1.29, 1.82) is 0 Å². The van der Waals surface area contributed by atoms with Gasteiger partial charge in [0.2, 0.25) is 5.91 Å².